The average molecular weight is 424 g/mol. The van der Waals surface area contributed by atoms with Crippen LogP contribution in [0.5, 0.6) is 11.5 Å². The molecular formula is C25H28O6. The first kappa shape index (κ1) is 26.9. The Morgan fingerprint density at radius 1 is 0.774 bits per heavy atom. The maximum Gasteiger partial charge on any atom is 0.327 e. The van der Waals surface area contributed by atoms with Gasteiger partial charge in [-0.3, -0.25) is 0 Å². The van der Waals surface area contributed by atoms with Crippen LogP contribution in [0.3, 0.4) is 0 Å². The van der Waals surface area contributed by atoms with Crippen molar-refractivity contribution >= 4 is 24.1 Å². The molecule has 0 aliphatic carbocycles. The Balaban J connectivity index is 0.000000752. The number of carboxylic acids is 2. The maximum atomic E-state index is 9.97. The molecule has 6 nitrogen and oxygen atoms in total. The summed E-state index contributed by atoms with van der Waals surface area (Å²) >= 11 is 0. The number of hydrogen-bond donors (Lipinski definition) is 4. The number of benzene rings is 2. The van der Waals surface area contributed by atoms with E-state index in [0.717, 1.165) is 28.8 Å². The monoisotopic (exact) mass is 424 g/mol. The van der Waals surface area contributed by atoms with Crippen molar-refractivity contribution in [2.24, 2.45) is 0 Å². The lowest BCUT2D eigenvalue weighted by Gasteiger charge is -2.29. The van der Waals surface area contributed by atoms with Gasteiger partial charge in [0.15, 0.2) is 0 Å². The van der Waals surface area contributed by atoms with E-state index in [2.05, 4.69) is 40.2 Å². The molecule has 0 aliphatic heterocycles. The van der Waals surface area contributed by atoms with Gasteiger partial charge in [0.1, 0.15) is 11.5 Å². The molecule has 0 aromatic heterocycles. The molecule has 0 saturated carbocycles. The first-order chi connectivity index (χ1) is 14.5. The fraction of sp³-hybridized carbons (Fsp3) is 0.120. The van der Waals surface area contributed by atoms with Gasteiger partial charge < -0.3 is 20.4 Å². The molecular weight excluding hydrogens is 396 g/mol. The van der Waals surface area contributed by atoms with E-state index in [4.69, 9.17) is 10.2 Å². The Bertz CT molecular complexity index is 935. The summed E-state index contributed by atoms with van der Waals surface area (Å²) < 4.78 is 0. The molecule has 6 heteroatoms. The van der Waals surface area contributed by atoms with Gasteiger partial charge in [-0.15, -0.1) is 0 Å². The smallest absolute Gasteiger partial charge is 0.327 e. The molecule has 2 aromatic rings. The van der Waals surface area contributed by atoms with Crippen molar-refractivity contribution in [2.75, 3.05) is 0 Å². The second kappa shape index (κ2) is 12.5. The average Bonchev–Trinajstić information content (AvgIpc) is 2.74. The summed E-state index contributed by atoms with van der Waals surface area (Å²) in [4.78, 5) is 18.5. The third-order valence-corrected chi connectivity index (χ3v) is 4.28. The topological polar surface area (TPSA) is 115 Å². The van der Waals surface area contributed by atoms with E-state index >= 15 is 0 Å². The minimum Gasteiger partial charge on any atom is -0.508 e. The standard InChI is InChI=1S/C19H20O2.2C3H4O2/c1-5-15-16(6-2)18(21)12-11-17(15)19(3,4)13-7-9-14(20)10-8-13;2*1-2-3(4)5/h5-12,20-21H,1-2H2,3-4H3;2*2H,1H2,(H,4,5). The lowest BCUT2D eigenvalue weighted by molar-refractivity contribution is -0.132. The molecule has 0 atom stereocenters. The lowest BCUT2D eigenvalue weighted by atomic mass is 9.75. The zero-order valence-corrected chi connectivity index (χ0v) is 17.7. The van der Waals surface area contributed by atoms with Crippen molar-refractivity contribution in [1.29, 1.82) is 0 Å². The second-order valence-corrected chi connectivity index (χ2v) is 6.62. The van der Waals surface area contributed by atoms with Crippen LogP contribution in [0.15, 0.2) is 74.9 Å². The number of carbonyl (C=O) groups is 2. The van der Waals surface area contributed by atoms with E-state index in [9.17, 15) is 19.8 Å². The van der Waals surface area contributed by atoms with Crippen LogP contribution in [0.25, 0.3) is 12.2 Å². The zero-order valence-electron chi connectivity index (χ0n) is 17.7. The van der Waals surface area contributed by atoms with Gasteiger partial charge in [0.05, 0.1) is 0 Å². The third kappa shape index (κ3) is 8.06. The van der Waals surface area contributed by atoms with Crippen LogP contribution in [0.1, 0.15) is 36.1 Å². The van der Waals surface area contributed by atoms with Crippen LogP contribution in [0.4, 0.5) is 0 Å². The highest BCUT2D eigenvalue weighted by atomic mass is 16.4. The van der Waals surface area contributed by atoms with Gasteiger partial charge in [-0.2, -0.15) is 0 Å². The van der Waals surface area contributed by atoms with Crippen molar-refractivity contribution in [2.45, 2.75) is 19.3 Å². The van der Waals surface area contributed by atoms with Crippen molar-refractivity contribution in [3.8, 4) is 11.5 Å². The number of aliphatic carboxylic acids is 2. The Morgan fingerprint density at radius 3 is 1.55 bits per heavy atom. The van der Waals surface area contributed by atoms with Gasteiger partial charge >= 0.3 is 11.9 Å². The molecule has 0 unspecified atom stereocenters. The van der Waals surface area contributed by atoms with Crippen LogP contribution >= 0.6 is 0 Å². The molecule has 0 amide bonds. The van der Waals surface area contributed by atoms with Gasteiger partial charge in [0.25, 0.3) is 0 Å². The normalized spacial score (nSPS) is 9.61. The first-order valence-electron chi connectivity index (χ1n) is 9.07. The van der Waals surface area contributed by atoms with E-state index in [1.807, 2.05) is 18.2 Å². The molecule has 4 N–H and O–H groups in total. The summed E-state index contributed by atoms with van der Waals surface area (Å²) in [5.74, 6) is -1.52. The summed E-state index contributed by atoms with van der Waals surface area (Å²) in [6, 6.07) is 10.8. The first-order valence-corrected chi connectivity index (χ1v) is 9.07. The molecule has 0 fully saturated rings. The molecule has 164 valence electrons. The number of hydrogen-bond acceptors (Lipinski definition) is 4. The highest BCUT2D eigenvalue weighted by molar-refractivity contribution is 5.79. The van der Waals surface area contributed by atoms with E-state index < -0.39 is 11.9 Å². The molecule has 2 rings (SSSR count). The number of phenols is 2. The minimum absolute atomic E-state index is 0.199. The number of rotatable bonds is 6. The van der Waals surface area contributed by atoms with E-state index in [1.54, 1.807) is 30.4 Å². The van der Waals surface area contributed by atoms with Crippen molar-refractivity contribution in [1.82, 2.24) is 0 Å². The molecule has 0 bridgehead atoms. The van der Waals surface area contributed by atoms with Crippen molar-refractivity contribution in [3.05, 3.63) is 97.1 Å². The SMILES string of the molecule is C=CC(=O)O.C=CC(=O)O.C=Cc1c(O)ccc(C(C)(C)c2ccc(O)cc2)c1C=C. The highest BCUT2D eigenvalue weighted by Crippen LogP contribution is 2.38. The highest BCUT2D eigenvalue weighted by Gasteiger charge is 2.26. The predicted molar refractivity (Wildman–Crippen MR) is 124 cm³/mol. The Hall–Kier alpha value is -4.06. The van der Waals surface area contributed by atoms with Crippen molar-refractivity contribution < 1.29 is 30.0 Å². The minimum atomic E-state index is -0.981. The summed E-state index contributed by atoms with van der Waals surface area (Å²) in [5.41, 5.74) is 3.40. The molecule has 31 heavy (non-hydrogen) atoms. The zero-order chi connectivity index (χ0) is 24.2. The van der Waals surface area contributed by atoms with Crippen LogP contribution in [0, 0.1) is 0 Å². The molecule has 0 heterocycles. The quantitative estimate of drug-likeness (QED) is 0.472. The number of phenolic OH excluding ortho intramolecular Hbond substituents is 2. The maximum absolute atomic E-state index is 9.97. The molecule has 0 saturated heterocycles. The van der Waals surface area contributed by atoms with Crippen LogP contribution in [-0.2, 0) is 15.0 Å². The number of carboxylic acid groups (broad SMARTS) is 2. The summed E-state index contributed by atoms with van der Waals surface area (Å²) in [7, 11) is 0. The van der Waals surface area contributed by atoms with E-state index in [1.165, 1.54) is 0 Å². The summed E-state index contributed by atoms with van der Waals surface area (Å²) in [6.45, 7) is 17.8. The second-order valence-electron chi connectivity index (χ2n) is 6.62. The van der Waals surface area contributed by atoms with Gasteiger partial charge in [-0.1, -0.05) is 70.5 Å². The Kier molecular flexibility index (Phi) is 10.9. The predicted octanol–water partition coefficient (Wildman–Crippen LogP) is 5.22. The summed E-state index contributed by atoms with van der Waals surface area (Å²) in [6.07, 6.45) is 5.05. The Labute approximate surface area is 182 Å². The van der Waals surface area contributed by atoms with Crippen LogP contribution in [-0.4, -0.2) is 32.4 Å². The van der Waals surface area contributed by atoms with Gasteiger partial charge in [-0.25, -0.2) is 9.59 Å². The van der Waals surface area contributed by atoms with Crippen molar-refractivity contribution in [3.63, 3.8) is 0 Å². The van der Waals surface area contributed by atoms with E-state index in [-0.39, 0.29) is 16.9 Å². The fourth-order valence-electron chi connectivity index (χ4n) is 2.64. The van der Waals surface area contributed by atoms with Gasteiger partial charge in [0, 0.05) is 23.1 Å². The molecule has 2 aromatic carbocycles. The fourth-order valence-corrected chi connectivity index (χ4v) is 2.64. The van der Waals surface area contributed by atoms with Crippen LogP contribution in [0.2, 0.25) is 0 Å². The number of aromatic hydroxyl groups is 2. The summed E-state index contributed by atoms with van der Waals surface area (Å²) in [5, 5.41) is 34.6. The van der Waals surface area contributed by atoms with Gasteiger partial charge in [0.2, 0.25) is 0 Å². The molecule has 0 radical (unpaired) electrons. The largest absolute Gasteiger partial charge is 0.508 e. The Morgan fingerprint density at radius 2 is 1.19 bits per heavy atom. The lowest BCUT2D eigenvalue weighted by Crippen LogP contribution is -2.20. The third-order valence-electron chi connectivity index (χ3n) is 4.28. The molecule has 0 spiro atoms. The van der Waals surface area contributed by atoms with Crippen LogP contribution < -0.4 is 0 Å². The molecule has 0 aliphatic rings. The van der Waals surface area contributed by atoms with E-state index in [0.29, 0.717) is 5.56 Å². The van der Waals surface area contributed by atoms with Gasteiger partial charge in [-0.05, 0) is 34.9 Å².